The minimum Gasteiger partial charge on any atom is -0.339 e. The van der Waals surface area contributed by atoms with E-state index in [-0.39, 0.29) is 11.4 Å². The molecule has 1 aliphatic rings. The Balaban J connectivity index is 1.79. The van der Waals surface area contributed by atoms with Crippen LogP contribution < -0.4 is 16.6 Å². The number of aromatic nitrogens is 4. The maximum absolute atomic E-state index is 13.3. The molecule has 0 bridgehead atoms. The van der Waals surface area contributed by atoms with Crippen molar-refractivity contribution in [3.63, 3.8) is 0 Å². The minimum atomic E-state index is -0.570. The first kappa shape index (κ1) is 19.8. The summed E-state index contributed by atoms with van der Waals surface area (Å²) >= 11 is 0. The van der Waals surface area contributed by atoms with E-state index < -0.39 is 23.7 Å². The number of fused-ring (bicyclic) bond motifs is 1. The number of hydrogen-bond acceptors (Lipinski definition) is 6. The van der Waals surface area contributed by atoms with E-state index in [1.54, 1.807) is 28.8 Å². The van der Waals surface area contributed by atoms with Gasteiger partial charge in [-0.1, -0.05) is 36.7 Å². The molecule has 0 saturated heterocycles. The third-order valence-corrected chi connectivity index (χ3v) is 5.18. The van der Waals surface area contributed by atoms with Crippen LogP contribution in [0.25, 0.3) is 11.4 Å². The maximum Gasteiger partial charge on any atom is 0.331 e. The van der Waals surface area contributed by atoms with Gasteiger partial charge in [-0.25, -0.2) is 4.79 Å². The average Bonchev–Trinajstić information content (AvgIpc) is 3.09. The number of amides is 1. The van der Waals surface area contributed by atoms with Gasteiger partial charge in [-0.05, 0) is 31.4 Å². The molecule has 0 unspecified atom stereocenters. The van der Waals surface area contributed by atoms with Gasteiger partial charge in [0.05, 0.1) is 0 Å². The Hall–Kier alpha value is -3.49. The molecule has 1 aliphatic heterocycles. The lowest BCUT2D eigenvalue weighted by Gasteiger charge is -2.16. The lowest BCUT2D eigenvalue weighted by Crippen LogP contribution is -2.44. The normalized spacial score (nSPS) is 13.5. The fraction of sp³-hybridized carbons (Fsp3) is 0.381. The van der Waals surface area contributed by atoms with Crippen LogP contribution in [-0.4, -0.2) is 25.2 Å². The smallest absolute Gasteiger partial charge is 0.331 e. The van der Waals surface area contributed by atoms with Crippen LogP contribution in [0, 0.1) is 0 Å². The number of nitrogens with zero attached hydrogens (tertiary/aromatic N) is 4. The van der Waals surface area contributed by atoms with Crippen LogP contribution in [0.2, 0.25) is 0 Å². The average molecular weight is 409 g/mol. The molecule has 1 aromatic carbocycles. The third kappa shape index (κ3) is 3.83. The van der Waals surface area contributed by atoms with Gasteiger partial charge in [0.1, 0.15) is 12.1 Å². The van der Waals surface area contributed by atoms with Crippen molar-refractivity contribution in [3.05, 3.63) is 62.8 Å². The Morgan fingerprint density at radius 2 is 1.97 bits per heavy atom. The second-order valence-electron chi connectivity index (χ2n) is 7.24. The van der Waals surface area contributed by atoms with Crippen molar-refractivity contribution in [2.75, 3.05) is 5.32 Å². The summed E-state index contributed by atoms with van der Waals surface area (Å²) in [6.45, 7) is 1.97. The van der Waals surface area contributed by atoms with Gasteiger partial charge in [0.2, 0.25) is 17.6 Å². The van der Waals surface area contributed by atoms with Crippen LogP contribution in [0.4, 0.5) is 5.69 Å². The Morgan fingerprint density at radius 1 is 1.17 bits per heavy atom. The molecule has 9 nitrogen and oxygen atoms in total. The monoisotopic (exact) mass is 409 g/mol. The van der Waals surface area contributed by atoms with Gasteiger partial charge >= 0.3 is 5.69 Å². The minimum absolute atomic E-state index is 0.166. The number of carbonyl (C=O) groups excluding carboxylic acids is 1. The summed E-state index contributed by atoms with van der Waals surface area (Å²) in [4.78, 5) is 43.3. The van der Waals surface area contributed by atoms with Crippen LogP contribution in [0.1, 0.15) is 37.8 Å². The van der Waals surface area contributed by atoms with Crippen LogP contribution >= 0.6 is 0 Å². The van der Waals surface area contributed by atoms with Crippen LogP contribution in [0.3, 0.4) is 0 Å². The SMILES string of the molecule is CCc1nc(-c2c3n(c(=O)n(CC(=O)Nc4ccccc4)c2=O)CCCCC3)no1. The highest BCUT2D eigenvalue weighted by atomic mass is 16.5. The van der Waals surface area contributed by atoms with Crippen LogP contribution in [0.15, 0.2) is 44.4 Å². The molecule has 156 valence electrons. The molecule has 0 fully saturated rings. The van der Waals surface area contributed by atoms with Crippen molar-refractivity contribution in [1.29, 1.82) is 0 Å². The van der Waals surface area contributed by atoms with Crippen LogP contribution in [-0.2, 0) is 30.7 Å². The van der Waals surface area contributed by atoms with E-state index in [2.05, 4.69) is 15.5 Å². The highest BCUT2D eigenvalue weighted by molar-refractivity contribution is 5.90. The summed E-state index contributed by atoms with van der Waals surface area (Å²) in [7, 11) is 0. The number of anilines is 1. The molecule has 0 saturated carbocycles. The van der Waals surface area contributed by atoms with Crippen molar-refractivity contribution in [2.45, 2.75) is 52.1 Å². The molecular weight excluding hydrogens is 386 g/mol. The van der Waals surface area contributed by atoms with E-state index in [0.717, 1.165) is 23.8 Å². The molecular formula is C21H23N5O4. The molecule has 0 aliphatic carbocycles. The van der Waals surface area contributed by atoms with E-state index in [0.29, 0.717) is 36.7 Å². The molecule has 0 atom stereocenters. The molecule has 2 aromatic heterocycles. The summed E-state index contributed by atoms with van der Waals surface area (Å²) < 4.78 is 7.75. The summed E-state index contributed by atoms with van der Waals surface area (Å²) in [5, 5.41) is 6.67. The first-order valence-corrected chi connectivity index (χ1v) is 10.1. The summed E-state index contributed by atoms with van der Waals surface area (Å²) in [5.74, 6) is 0.124. The van der Waals surface area contributed by atoms with E-state index in [9.17, 15) is 14.4 Å². The molecule has 1 amide bonds. The predicted octanol–water partition coefficient (Wildman–Crippen LogP) is 1.99. The number of benzene rings is 1. The van der Waals surface area contributed by atoms with Gasteiger partial charge in [-0.2, -0.15) is 4.98 Å². The van der Waals surface area contributed by atoms with Gasteiger partial charge < -0.3 is 9.84 Å². The van der Waals surface area contributed by atoms with E-state index in [4.69, 9.17) is 4.52 Å². The fourth-order valence-corrected chi connectivity index (χ4v) is 3.70. The zero-order chi connectivity index (χ0) is 21.1. The van der Waals surface area contributed by atoms with Gasteiger partial charge in [-0.15, -0.1) is 0 Å². The molecule has 3 heterocycles. The highest BCUT2D eigenvalue weighted by Crippen LogP contribution is 2.21. The van der Waals surface area contributed by atoms with E-state index in [1.165, 1.54) is 0 Å². The first-order valence-electron chi connectivity index (χ1n) is 10.1. The third-order valence-electron chi connectivity index (χ3n) is 5.18. The zero-order valence-electron chi connectivity index (χ0n) is 16.8. The fourth-order valence-electron chi connectivity index (χ4n) is 3.70. The Morgan fingerprint density at radius 3 is 2.70 bits per heavy atom. The van der Waals surface area contributed by atoms with Gasteiger partial charge in [0, 0.05) is 24.3 Å². The molecule has 3 aromatic rings. The zero-order valence-corrected chi connectivity index (χ0v) is 16.8. The van der Waals surface area contributed by atoms with Crippen LogP contribution in [0.5, 0.6) is 0 Å². The number of carbonyl (C=O) groups is 1. The first-order chi connectivity index (χ1) is 14.6. The molecule has 0 radical (unpaired) electrons. The number of nitrogens with one attached hydrogen (secondary N) is 1. The van der Waals surface area contributed by atoms with Gasteiger partial charge in [0.25, 0.3) is 5.56 Å². The molecule has 1 N–H and O–H groups in total. The second kappa shape index (κ2) is 8.48. The Labute approximate surface area is 172 Å². The molecule has 4 rings (SSSR count). The molecule has 30 heavy (non-hydrogen) atoms. The van der Waals surface area contributed by atoms with Crippen molar-refractivity contribution in [3.8, 4) is 11.4 Å². The topological polar surface area (TPSA) is 112 Å². The number of para-hydroxylation sites is 1. The van der Waals surface area contributed by atoms with E-state index >= 15 is 0 Å². The van der Waals surface area contributed by atoms with E-state index in [1.807, 2.05) is 13.0 Å². The predicted molar refractivity (Wildman–Crippen MR) is 110 cm³/mol. The maximum atomic E-state index is 13.3. The van der Waals surface area contributed by atoms with Crippen molar-refractivity contribution >= 4 is 11.6 Å². The quantitative estimate of drug-likeness (QED) is 0.690. The standard InChI is InChI=1S/C21H23N5O4/c1-2-17-23-19(24-30-17)18-15-11-7-4-8-12-25(15)21(29)26(20(18)28)13-16(27)22-14-9-5-3-6-10-14/h3,5-6,9-10H,2,4,7-8,11-13H2,1H3,(H,22,27). The number of hydrogen-bond donors (Lipinski definition) is 1. The van der Waals surface area contributed by atoms with Gasteiger partial charge in [-0.3, -0.25) is 18.7 Å². The summed E-state index contributed by atoms with van der Waals surface area (Å²) in [6.07, 6.45) is 3.76. The second-order valence-corrected chi connectivity index (χ2v) is 7.24. The van der Waals surface area contributed by atoms with Gasteiger partial charge in [0.15, 0.2) is 0 Å². The summed E-state index contributed by atoms with van der Waals surface area (Å²) in [6, 6.07) is 8.89. The largest absolute Gasteiger partial charge is 0.339 e. The summed E-state index contributed by atoms with van der Waals surface area (Å²) in [5.41, 5.74) is 0.400. The lowest BCUT2D eigenvalue weighted by atomic mass is 10.1. The van der Waals surface area contributed by atoms with Crippen molar-refractivity contribution in [2.24, 2.45) is 0 Å². The Bertz CT molecular complexity index is 1180. The Kier molecular flexibility index (Phi) is 5.60. The highest BCUT2D eigenvalue weighted by Gasteiger charge is 2.25. The number of rotatable bonds is 5. The van der Waals surface area contributed by atoms with Crippen molar-refractivity contribution in [1.82, 2.24) is 19.3 Å². The lowest BCUT2D eigenvalue weighted by molar-refractivity contribution is -0.116. The molecule has 9 heteroatoms. The molecule has 0 spiro atoms. The number of aryl methyl sites for hydroxylation is 1. The van der Waals surface area contributed by atoms with Crippen molar-refractivity contribution < 1.29 is 9.32 Å².